The van der Waals surface area contributed by atoms with E-state index in [9.17, 15) is 0 Å². The fourth-order valence-electron chi connectivity index (χ4n) is 4.69. The molecule has 0 unspecified atom stereocenters. The van der Waals surface area contributed by atoms with Crippen molar-refractivity contribution in [1.29, 1.82) is 0 Å². The van der Waals surface area contributed by atoms with E-state index in [-0.39, 0.29) is 61.8 Å². The number of halogens is 4. The van der Waals surface area contributed by atoms with E-state index < -0.39 is 0 Å². The predicted molar refractivity (Wildman–Crippen MR) is 178 cm³/mol. The third-order valence-corrected chi connectivity index (χ3v) is 7.58. The average molecular weight is 741 g/mol. The number of rotatable bonds is 2. The Morgan fingerprint density at radius 1 is 0.659 bits per heavy atom. The van der Waals surface area contributed by atoms with Gasteiger partial charge in [0, 0.05) is 10.0 Å². The first-order chi connectivity index (χ1) is 19.4. The second-order valence-corrected chi connectivity index (χ2v) is 13.4. The van der Waals surface area contributed by atoms with E-state index in [1.807, 2.05) is 85.3 Å². The van der Waals surface area contributed by atoms with Gasteiger partial charge in [0.25, 0.3) is 0 Å². The normalized spacial score (nSPS) is 11.0. The summed E-state index contributed by atoms with van der Waals surface area (Å²) in [7, 11) is 0. The van der Waals surface area contributed by atoms with Crippen LogP contribution in [0.5, 0.6) is 0 Å². The smallest absolute Gasteiger partial charge is 1.00 e. The maximum Gasteiger partial charge on any atom is 2.00 e. The van der Waals surface area contributed by atoms with Crippen molar-refractivity contribution in [1.82, 2.24) is 0 Å². The van der Waals surface area contributed by atoms with Gasteiger partial charge in [-0.15, -0.1) is 47.4 Å². The molecule has 0 aliphatic heterocycles. The molecule has 0 amide bonds. The molecule has 44 heavy (non-hydrogen) atoms. The summed E-state index contributed by atoms with van der Waals surface area (Å²) < 4.78 is 0. The molecule has 0 nitrogen and oxygen atoms in total. The summed E-state index contributed by atoms with van der Waals surface area (Å²) in [5.74, 6) is 0. The van der Waals surface area contributed by atoms with Crippen LogP contribution in [0.4, 0.5) is 0 Å². The first kappa shape index (κ1) is 40.2. The van der Waals surface area contributed by atoms with Crippen LogP contribution in [0.1, 0.15) is 74.9 Å². The molecule has 5 aromatic carbocycles. The Kier molecular flexibility index (Phi) is 16.2. The van der Waals surface area contributed by atoms with Gasteiger partial charge in [0.15, 0.2) is 0 Å². The van der Waals surface area contributed by atoms with Gasteiger partial charge in [-0.1, -0.05) is 124 Å². The Balaban J connectivity index is 0.000000370. The van der Waals surface area contributed by atoms with Crippen LogP contribution in [0.15, 0.2) is 109 Å². The van der Waals surface area contributed by atoms with Gasteiger partial charge in [-0.3, -0.25) is 0 Å². The van der Waals surface area contributed by atoms with E-state index in [0.717, 1.165) is 27.6 Å². The summed E-state index contributed by atoms with van der Waals surface area (Å²) in [6.07, 6.45) is 3.07. The molecule has 0 atom stereocenters. The molecule has 5 aromatic rings. The summed E-state index contributed by atoms with van der Waals surface area (Å²) in [5, 5.41) is 1.48. The van der Waals surface area contributed by atoms with Crippen LogP contribution in [-0.2, 0) is 43.5 Å². The van der Waals surface area contributed by atoms with Crippen molar-refractivity contribution < 1.29 is 51.0 Å². The van der Waals surface area contributed by atoms with Gasteiger partial charge in [-0.2, -0.15) is 47.5 Å². The Hall–Kier alpha value is -1.86. The summed E-state index contributed by atoms with van der Waals surface area (Å²) in [6, 6.07) is 40.5. The minimum Gasteiger partial charge on any atom is -1.00 e. The molecule has 5 heteroatoms. The van der Waals surface area contributed by atoms with Crippen molar-refractivity contribution in [2.24, 2.45) is 0 Å². The number of hydrogen-bond acceptors (Lipinski definition) is 0. The van der Waals surface area contributed by atoms with E-state index >= 15 is 0 Å². The molecule has 0 fully saturated rings. The van der Waals surface area contributed by atoms with Gasteiger partial charge in [-0.25, -0.2) is 12.1 Å². The molecule has 1 aliphatic rings. The number of hydrogen-bond donors (Lipinski definition) is 0. The molecule has 0 spiro atoms. The van der Waals surface area contributed by atoms with Crippen LogP contribution in [0.3, 0.4) is 0 Å². The zero-order chi connectivity index (χ0) is 29.6. The Morgan fingerprint density at radius 2 is 1.18 bits per heavy atom. The summed E-state index contributed by atoms with van der Waals surface area (Å²) in [4.78, 5) is 0. The van der Waals surface area contributed by atoms with Crippen LogP contribution in [-0.4, -0.2) is 0 Å². The van der Waals surface area contributed by atoms with Crippen LogP contribution in [0.2, 0.25) is 10.0 Å². The topological polar surface area (TPSA) is 0 Å². The van der Waals surface area contributed by atoms with E-state index in [4.69, 9.17) is 23.2 Å². The molecular formula is C39H39Cl4Zr-3. The molecule has 0 N–H and O–H groups in total. The third-order valence-electron chi connectivity index (χ3n) is 7.11. The van der Waals surface area contributed by atoms with Crippen molar-refractivity contribution in [3.8, 4) is 11.1 Å². The molecule has 230 valence electrons. The number of benzene rings is 4. The molecule has 0 saturated heterocycles. The zero-order valence-electron chi connectivity index (χ0n) is 26.2. The van der Waals surface area contributed by atoms with Gasteiger partial charge in [0.05, 0.1) is 0 Å². The first-order valence-electron chi connectivity index (χ1n) is 14.1. The monoisotopic (exact) mass is 737 g/mol. The second kappa shape index (κ2) is 17.7. The van der Waals surface area contributed by atoms with E-state index in [0.29, 0.717) is 0 Å². The molecule has 6 rings (SSSR count). The van der Waals surface area contributed by atoms with Crippen LogP contribution < -0.4 is 24.8 Å². The number of fused-ring (bicyclic) bond motifs is 3. The van der Waals surface area contributed by atoms with Crippen molar-refractivity contribution in [2.75, 3.05) is 0 Å². The molecule has 0 aromatic heterocycles. The molecule has 0 saturated carbocycles. The fraction of sp³-hybridized carbons (Fsp3) is 0.231. The first-order valence-corrected chi connectivity index (χ1v) is 14.9. The maximum atomic E-state index is 5.90. The minimum absolute atomic E-state index is 0. The van der Waals surface area contributed by atoms with Crippen LogP contribution in [0.25, 0.3) is 11.1 Å². The van der Waals surface area contributed by atoms with Crippen LogP contribution >= 0.6 is 23.2 Å². The zero-order valence-corrected chi connectivity index (χ0v) is 31.7. The largest absolute Gasteiger partial charge is 2.00 e. The fourth-order valence-corrected chi connectivity index (χ4v) is 5.09. The Labute approximate surface area is 306 Å². The van der Waals surface area contributed by atoms with Gasteiger partial charge >= 0.3 is 26.2 Å². The molecule has 1 aliphatic carbocycles. The quantitative estimate of drug-likeness (QED) is 0.201. The summed E-state index contributed by atoms with van der Waals surface area (Å²) in [6.45, 7) is 13.6. The molecule has 0 heterocycles. The van der Waals surface area contributed by atoms with Crippen LogP contribution in [0, 0.1) is 12.5 Å². The average Bonchev–Trinajstić information content (AvgIpc) is 3.59. The Morgan fingerprint density at radius 3 is 1.64 bits per heavy atom. The second-order valence-electron chi connectivity index (χ2n) is 12.5. The van der Waals surface area contributed by atoms with Crippen molar-refractivity contribution in [3.63, 3.8) is 0 Å². The van der Waals surface area contributed by atoms with E-state index in [1.165, 1.54) is 33.4 Å². The summed E-state index contributed by atoms with van der Waals surface area (Å²) >= 11 is 11.8. The molecule has 0 bridgehead atoms. The third kappa shape index (κ3) is 11.5. The Bertz CT molecular complexity index is 1450. The van der Waals surface area contributed by atoms with E-state index in [1.54, 1.807) is 0 Å². The SMILES string of the molecule is CC(C)(C)c1c[c-]c2c(c1)-c1cc(C(C)(C)C)ccc1C2.Clc1cccc([CH-]c2cccc(Cl)c2)c1.[Cl-].[Cl-].[Zr+2].c1cc[cH-]c1. The van der Waals surface area contributed by atoms with Gasteiger partial charge in [0.2, 0.25) is 0 Å². The van der Waals surface area contributed by atoms with E-state index in [2.05, 4.69) is 77.9 Å². The predicted octanol–water partition coefficient (Wildman–Crippen LogP) is 5.66. The maximum absolute atomic E-state index is 5.90. The van der Waals surface area contributed by atoms with Crippen molar-refractivity contribution in [2.45, 2.75) is 58.8 Å². The standard InChI is InChI=1S/C21H25.C13H9Cl2.C5H5.2ClH.Zr/c1-20(2,3)16-9-7-14-11-15-8-10-17(21(4,5)6)13-19(15)18(14)12-16;14-12-5-1-3-10(8-12)7-11-4-2-6-13(15)9-11;1-2-4-5-3-1;;;/h7,9-10,12-13H,11H2,1-6H3;1-9H;1-5H;2*1H;/q3*-1;;;+2/p-2. The van der Waals surface area contributed by atoms with Crippen molar-refractivity contribution >= 4 is 23.2 Å². The molecular weight excluding hydrogens is 701 g/mol. The van der Waals surface area contributed by atoms with Gasteiger partial charge < -0.3 is 24.8 Å². The van der Waals surface area contributed by atoms with Gasteiger partial charge in [-0.05, 0) is 17.4 Å². The van der Waals surface area contributed by atoms with Gasteiger partial charge in [0.1, 0.15) is 0 Å². The summed E-state index contributed by atoms with van der Waals surface area (Å²) in [5.41, 5.74) is 10.9. The molecule has 0 radical (unpaired) electrons. The van der Waals surface area contributed by atoms with Crippen molar-refractivity contribution in [3.05, 3.63) is 165 Å². The minimum atomic E-state index is 0.